The molecule has 1 aliphatic rings. The van der Waals surface area contributed by atoms with Crippen molar-refractivity contribution >= 4 is 27.1 Å². The van der Waals surface area contributed by atoms with Crippen molar-refractivity contribution in [1.82, 2.24) is 0 Å². The molecule has 1 heterocycles. The standard InChI is InChI=1S/C20H24N2O3S/c1-16(23)21-19-15-17(22-13-7-2-3-8-14-22)11-12-20(19)26(24,25)18-9-5-4-6-10-18/h4-6,9-12,15H,2-3,7-8,13-14H2,1H3,(H,21,23). The first-order chi connectivity index (χ1) is 12.5. The number of sulfone groups is 1. The zero-order valence-electron chi connectivity index (χ0n) is 14.9. The topological polar surface area (TPSA) is 66.5 Å². The molecule has 0 aromatic heterocycles. The van der Waals surface area contributed by atoms with Gasteiger partial charge in [0.25, 0.3) is 0 Å². The van der Waals surface area contributed by atoms with Crippen molar-refractivity contribution in [2.24, 2.45) is 0 Å². The van der Waals surface area contributed by atoms with Gasteiger partial charge in [-0.2, -0.15) is 0 Å². The van der Waals surface area contributed by atoms with Gasteiger partial charge in [0.2, 0.25) is 15.7 Å². The minimum Gasteiger partial charge on any atom is -0.371 e. The highest BCUT2D eigenvalue weighted by molar-refractivity contribution is 7.91. The normalized spacial score (nSPS) is 15.3. The predicted molar refractivity (Wildman–Crippen MR) is 103 cm³/mol. The van der Waals surface area contributed by atoms with Crippen LogP contribution in [0.25, 0.3) is 0 Å². The molecule has 0 radical (unpaired) electrons. The van der Waals surface area contributed by atoms with Gasteiger partial charge in [-0.15, -0.1) is 0 Å². The second-order valence-electron chi connectivity index (χ2n) is 6.58. The molecule has 0 saturated carbocycles. The maximum atomic E-state index is 13.0. The summed E-state index contributed by atoms with van der Waals surface area (Å²) in [5.74, 6) is -0.289. The van der Waals surface area contributed by atoms with Crippen molar-refractivity contribution in [2.45, 2.75) is 42.4 Å². The van der Waals surface area contributed by atoms with E-state index in [1.807, 2.05) is 6.07 Å². The van der Waals surface area contributed by atoms with E-state index in [9.17, 15) is 13.2 Å². The van der Waals surface area contributed by atoms with E-state index in [0.29, 0.717) is 5.69 Å². The van der Waals surface area contributed by atoms with Gasteiger partial charge >= 0.3 is 0 Å². The fourth-order valence-electron chi connectivity index (χ4n) is 3.29. The second-order valence-corrected chi connectivity index (χ2v) is 8.50. The summed E-state index contributed by atoms with van der Waals surface area (Å²) in [7, 11) is -3.70. The van der Waals surface area contributed by atoms with Crippen molar-refractivity contribution in [3.8, 4) is 0 Å². The van der Waals surface area contributed by atoms with Gasteiger partial charge in [0.1, 0.15) is 0 Å². The first-order valence-electron chi connectivity index (χ1n) is 8.95. The molecule has 0 bridgehead atoms. The molecule has 0 spiro atoms. The smallest absolute Gasteiger partial charge is 0.221 e. The SMILES string of the molecule is CC(=O)Nc1cc(N2CCCCCC2)ccc1S(=O)(=O)c1ccccc1. The molecule has 1 amide bonds. The lowest BCUT2D eigenvalue weighted by molar-refractivity contribution is -0.114. The number of anilines is 2. The number of carbonyl (C=O) groups is 1. The Kier molecular flexibility index (Phi) is 5.61. The lowest BCUT2D eigenvalue weighted by Gasteiger charge is -2.24. The molecule has 1 saturated heterocycles. The first kappa shape index (κ1) is 18.5. The molecule has 2 aromatic carbocycles. The van der Waals surface area contributed by atoms with Crippen LogP contribution in [0.5, 0.6) is 0 Å². The lowest BCUT2D eigenvalue weighted by atomic mass is 10.2. The van der Waals surface area contributed by atoms with E-state index >= 15 is 0 Å². The van der Waals surface area contributed by atoms with Gasteiger partial charge in [0, 0.05) is 25.7 Å². The minimum atomic E-state index is -3.70. The highest BCUT2D eigenvalue weighted by atomic mass is 32.2. The highest BCUT2D eigenvalue weighted by Gasteiger charge is 2.23. The Morgan fingerprint density at radius 2 is 1.62 bits per heavy atom. The summed E-state index contributed by atoms with van der Waals surface area (Å²) in [6.07, 6.45) is 4.68. The molecule has 138 valence electrons. The molecular weight excluding hydrogens is 348 g/mol. The van der Waals surface area contributed by atoms with Crippen LogP contribution < -0.4 is 10.2 Å². The fourth-order valence-corrected chi connectivity index (χ4v) is 4.71. The number of nitrogens with zero attached hydrogens (tertiary/aromatic N) is 1. The molecule has 26 heavy (non-hydrogen) atoms. The number of nitrogens with one attached hydrogen (secondary N) is 1. The largest absolute Gasteiger partial charge is 0.371 e. The van der Waals surface area contributed by atoms with Crippen molar-refractivity contribution in [3.05, 3.63) is 48.5 Å². The van der Waals surface area contributed by atoms with E-state index in [2.05, 4.69) is 10.2 Å². The van der Waals surface area contributed by atoms with Crippen molar-refractivity contribution in [3.63, 3.8) is 0 Å². The monoisotopic (exact) mass is 372 g/mol. The average molecular weight is 372 g/mol. The summed E-state index contributed by atoms with van der Waals surface area (Å²) in [5.41, 5.74) is 1.28. The second kappa shape index (κ2) is 7.91. The molecule has 1 N–H and O–H groups in total. The van der Waals surface area contributed by atoms with E-state index in [1.165, 1.54) is 19.8 Å². The maximum absolute atomic E-state index is 13.0. The summed E-state index contributed by atoms with van der Waals surface area (Å²) in [4.78, 5) is 14.3. The number of hydrogen-bond donors (Lipinski definition) is 1. The summed E-state index contributed by atoms with van der Waals surface area (Å²) < 4.78 is 26.0. The summed E-state index contributed by atoms with van der Waals surface area (Å²) in [5, 5.41) is 2.70. The number of benzene rings is 2. The predicted octanol–water partition coefficient (Wildman–Crippen LogP) is 3.86. The Morgan fingerprint density at radius 3 is 2.23 bits per heavy atom. The third-order valence-electron chi connectivity index (χ3n) is 4.59. The van der Waals surface area contributed by atoms with Gasteiger partial charge in [0.15, 0.2) is 0 Å². The number of amides is 1. The number of carbonyl (C=O) groups excluding carboxylic acids is 1. The van der Waals surface area contributed by atoms with Crippen molar-refractivity contribution in [1.29, 1.82) is 0 Å². The van der Waals surface area contributed by atoms with E-state index < -0.39 is 9.84 Å². The van der Waals surface area contributed by atoms with Crippen LogP contribution in [0.15, 0.2) is 58.3 Å². The van der Waals surface area contributed by atoms with Gasteiger partial charge in [0.05, 0.1) is 15.5 Å². The minimum absolute atomic E-state index is 0.123. The third kappa shape index (κ3) is 4.07. The van der Waals surface area contributed by atoms with Crippen LogP contribution in [0.2, 0.25) is 0 Å². The average Bonchev–Trinajstić information content (AvgIpc) is 2.91. The first-order valence-corrected chi connectivity index (χ1v) is 10.4. The summed E-state index contributed by atoms with van der Waals surface area (Å²) in [6, 6.07) is 13.5. The maximum Gasteiger partial charge on any atom is 0.221 e. The molecule has 0 unspecified atom stereocenters. The molecular formula is C20H24N2O3S. The number of hydrogen-bond acceptors (Lipinski definition) is 4. The van der Waals surface area contributed by atoms with E-state index in [1.54, 1.807) is 42.5 Å². The Labute approximate surface area is 154 Å². The van der Waals surface area contributed by atoms with Crippen LogP contribution in [-0.4, -0.2) is 27.4 Å². The molecule has 0 aliphatic carbocycles. The van der Waals surface area contributed by atoms with E-state index in [0.717, 1.165) is 31.6 Å². The Morgan fingerprint density at radius 1 is 0.962 bits per heavy atom. The molecule has 0 atom stereocenters. The van der Waals surface area contributed by atoms with Gasteiger partial charge in [-0.25, -0.2) is 8.42 Å². The quantitative estimate of drug-likeness (QED) is 0.885. The van der Waals surface area contributed by atoms with Crippen LogP contribution in [0, 0.1) is 0 Å². The fraction of sp³-hybridized carbons (Fsp3) is 0.350. The molecule has 3 rings (SSSR count). The van der Waals surface area contributed by atoms with Gasteiger partial charge < -0.3 is 10.2 Å². The van der Waals surface area contributed by atoms with Gasteiger partial charge in [-0.1, -0.05) is 31.0 Å². The van der Waals surface area contributed by atoms with E-state index in [-0.39, 0.29) is 15.7 Å². The molecule has 6 heteroatoms. The molecule has 2 aromatic rings. The summed E-state index contributed by atoms with van der Waals surface area (Å²) in [6.45, 7) is 3.28. The van der Waals surface area contributed by atoms with Crippen LogP contribution >= 0.6 is 0 Å². The van der Waals surface area contributed by atoms with Crippen LogP contribution in [0.1, 0.15) is 32.6 Å². The Bertz CT molecular complexity index is 871. The highest BCUT2D eigenvalue weighted by Crippen LogP contribution is 2.32. The van der Waals surface area contributed by atoms with Crippen molar-refractivity contribution < 1.29 is 13.2 Å². The van der Waals surface area contributed by atoms with Crippen LogP contribution in [-0.2, 0) is 14.6 Å². The Balaban J connectivity index is 2.03. The molecule has 5 nitrogen and oxygen atoms in total. The van der Waals surface area contributed by atoms with E-state index in [4.69, 9.17) is 0 Å². The van der Waals surface area contributed by atoms with Gasteiger partial charge in [-0.3, -0.25) is 4.79 Å². The molecule has 1 aliphatic heterocycles. The lowest BCUT2D eigenvalue weighted by Crippen LogP contribution is -2.24. The Hall–Kier alpha value is -2.34. The van der Waals surface area contributed by atoms with Crippen LogP contribution in [0.4, 0.5) is 11.4 Å². The van der Waals surface area contributed by atoms with Gasteiger partial charge in [-0.05, 0) is 43.2 Å². The zero-order chi connectivity index (χ0) is 18.6. The molecule has 1 fully saturated rings. The summed E-state index contributed by atoms with van der Waals surface area (Å²) >= 11 is 0. The third-order valence-corrected chi connectivity index (χ3v) is 6.42. The number of rotatable bonds is 4. The zero-order valence-corrected chi connectivity index (χ0v) is 15.8. The van der Waals surface area contributed by atoms with Crippen LogP contribution in [0.3, 0.4) is 0 Å². The van der Waals surface area contributed by atoms with Crippen molar-refractivity contribution in [2.75, 3.05) is 23.3 Å².